The molecule has 0 heterocycles. The monoisotopic (exact) mass is 323 g/mol. The molecule has 0 spiro atoms. The van der Waals surface area contributed by atoms with E-state index in [-0.39, 0.29) is 21.2 Å². The lowest BCUT2D eigenvalue weighted by Gasteiger charge is -2.10. The van der Waals surface area contributed by atoms with E-state index in [1.54, 1.807) is 31.2 Å². The summed E-state index contributed by atoms with van der Waals surface area (Å²) in [5.74, 6) is -1.47. The highest BCUT2D eigenvalue weighted by Crippen LogP contribution is 2.25. The van der Waals surface area contributed by atoms with E-state index < -0.39 is 11.9 Å². The summed E-state index contributed by atoms with van der Waals surface area (Å²) < 4.78 is 0. The molecule has 0 aliphatic heterocycles. The number of hydrogen-bond acceptors (Lipinski definition) is 2. The number of carbonyl (C=O) groups is 2. The Hall–Kier alpha value is -2.04. The number of aryl methyl sites for hydroxylation is 1. The second-order valence-electron chi connectivity index (χ2n) is 4.39. The minimum atomic E-state index is -1.01. The molecule has 0 atom stereocenters. The maximum Gasteiger partial charge on any atom is 0.335 e. The number of carboxylic acids is 1. The van der Waals surface area contributed by atoms with Crippen LogP contribution in [0.4, 0.5) is 5.69 Å². The van der Waals surface area contributed by atoms with Gasteiger partial charge in [0.25, 0.3) is 5.91 Å². The molecule has 2 rings (SSSR count). The molecule has 0 unspecified atom stereocenters. The van der Waals surface area contributed by atoms with Crippen molar-refractivity contribution >= 4 is 40.8 Å². The molecule has 6 heteroatoms. The van der Waals surface area contributed by atoms with Crippen LogP contribution in [0.25, 0.3) is 0 Å². The molecule has 0 aliphatic rings. The van der Waals surface area contributed by atoms with Crippen molar-refractivity contribution in [2.75, 3.05) is 5.32 Å². The second kappa shape index (κ2) is 6.16. The number of carboxylic acid groups (broad SMARTS) is 1. The van der Waals surface area contributed by atoms with E-state index in [9.17, 15) is 9.59 Å². The molecular formula is C15H11Cl2NO3. The van der Waals surface area contributed by atoms with Gasteiger partial charge in [0.05, 0.1) is 21.2 Å². The quantitative estimate of drug-likeness (QED) is 0.887. The van der Waals surface area contributed by atoms with Crippen molar-refractivity contribution in [3.8, 4) is 0 Å². The molecule has 1 amide bonds. The van der Waals surface area contributed by atoms with Gasteiger partial charge < -0.3 is 10.4 Å². The zero-order valence-electron chi connectivity index (χ0n) is 11.0. The van der Waals surface area contributed by atoms with E-state index >= 15 is 0 Å². The third-order valence-electron chi connectivity index (χ3n) is 2.90. The molecule has 21 heavy (non-hydrogen) atoms. The van der Waals surface area contributed by atoms with Gasteiger partial charge in [0.15, 0.2) is 0 Å². The zero-order chi connectivity index (χ0) is 15.6. The first kappa shape index (κ1) is 15.4. The maximum absolute atomic E-state index is 12.2. The standard InChI is InChI=1S/C15H11Cl2NO3/c1-8-7-9(5-6-10(8)15(20)21)18-14(19)13-11(16)3-2-4-12(13)17/h2-7H,1H3,(H,18,19)(H,20,21). The minimum Gasteiger partial charge on any atom is -0.478 e. The van der Waals surface area contributed by atoms with Crippen molar-refractivity contribution in [3.05, 3.63) is 63.1 Å². The molecule has 0 aliphatic carbocycles. The Morgan fingerprint density at radius 2 is 1.71 bits per heavy atom. The highest BCUT2D eigenvalue weighted by Gasteiger charge is 2.15. The Bertz CT molecular complexity index is 709. The van der Waals surface area contributed by atoms with Crippen molar-refractivity contribution in [3.63, 3.8) is 0 Å². The summed E-state index contributed by atoms with van der Waals surface area (Å²) in [6.45, 7) is 1.65. The molecule has 0 aromatic heterocycles. The second-order valence-corrected chi connectivity index (χ2v) is 5.20. The Labute approximate surface area is 131 Å². The average molecular weight is 324 g/mol. The average Bonchev–Trinajstić information content (AvgIpc) is 2.37. The smallest absolute Gasteiger partial charge is 0.335 e. The molecule has 0 fully saturated rings. The van der Waals surface area contributed by atoms with Crippen LogP contribution in [0.1, 0.15) is 26.3 Å². The van der Waals surface area contributed by atoms with Crippen LogP contribution in [0.3, 0.4) is 0 Å². The van der Waals surface area contributed by atoms with Crippen molar-refractivity contribution in [2.45, 2.75) is 6.92 Å². The van der Waals surface area contributed by atoms with Crippen molar-refractivity contribution < 1.29 is 14.7 Å². The molecular weight excluding hydrogens is 313 g/mol. The molecule has 2 aromatic carbocycles. The Morgan fingerprint density at radius 1 is 1.10 bits per heavy atom. The SMILES string of the molecule is Cc1cc(NC(=O)c2c(Cl)cccc2Cl)ccc1C(=O)O. The highest BCUT2D eigenvalue weighted by molar-refractivity contribution is 6.40. The van der Waals surface area contributed by atoms with Crippen molar-refractivity contribution in [2.24, 2.45) is 0 Å². The normalized spacial score (nSPS) is 10.2. The van der Waals surface area contributed by atoms with Crippen molar-refractivity contribution in [1.29, 1.82) is 0 Å². The molecule has 0 radical (unpaired) electrons. The number of amides is 1. The van der Waals surface area contributed by atoms with E-state index in [2.05, 4.69) is 5.32 Å². The van der Waals surface area contributed by atoms with Crippen molar-refractivity contribution in [1.82, 2.24) is 0 Å². The predicted octanol–water partition coefficient (Wildman–Crippen LogP) is 4.25. The largest absolute Gasteiger partial charge is 0.478 e. The van der Waals surface area contributed by atoms with Crippen LogP contribution in [0.15, 0.2) is 36.4 Å². The summed E-state index contributed by atoms with van der Waals surface area (Å²) in [7, 11) is 0. The van der Waals surface area contributed by atoms with Gasteiger partial charge in [0.2, 0.25) is 0 Å². The van der Waals surface area contributed by atoms with Gasteiger partial charge >= 0.3 is 5.97 Å². The van der Waals surface area contributed by atoms with E-state index in [1.165, 1.54) is 12.1 Å². The Balaban J connectivity index is 2.28. The molecule has 108 valence electrons. The number of anilines is 1. The van der Waals surface area contributed by atoms with Crippen LogP contribution in [-0.4, -0.2) is 17.0 Å². The lowest BCUT2D eigenvalue weighted by atomic mass is 10.1. The first-order valence-electron chi connectivity index (χ1n) is 5.99. The Kier molecular flexibility index (Phi) is 4.50. The summed E-state index contributed by atoms with van der Waals surface area (Å²) in [4.78, 5) is 23.1. The van der Waals surface area contributed by atoms with Gasteiger partial charge in [-0.15, -0.1) is 0 Å². The number of benzene rings is 2. The molecule has 0 bridgehead atoms. The van der Waals surface area contributed by atoms with Crippen LogP contribution < -0.4 is 5.32 Å². The lowest BCUT2D eigenvalue weighted by Crippen LogP contribution is -2.13. The molecule has 2 N–H and O–H groups in total. The van der Waals surface area contributed by atoms with Gasteiger partial charge in [0, 0.05) is 5.69 Å². The van der Waals surface area contributed by atoms with Crippen LogP contribution in [-0.2, 0) is 0 Å². The maximum atomic E-state index is 12.2. The van der Waals surface area contributed by atoms with Gasteiger partial charge in [-0.1, -0.05) is 29.3 Å². The first-order chi connectivity index (χ1) is 9.90. The van der Waals surface area contributed by atoms with Gasteiger partial charge in [-0.2, -0.15) is 0 Å². The topological polar surface area (TPSA) is 66.4 Å². The van der Waals surface area contributed by atoms with Gasteiger partial charge in [-0.05, 0) is 42.8 Å². The molecule has 4 nitrogen and oxygen atoms in total. The summed E-state index contributed by atoms with van der Waals surface area (Å²) in [6, 6.07) is 9.31. The summed E-state index contributed by atoms with van der Waals surface area (Å²) in [5.41, 5.74) is 1.38. The van der Waals surface area contributed by atoms with Gasteiger partial charge in [-0.25, -0.2) is 4.79 Å². The fourth-order valence-corrected chi connectivity index (χ4v) is 2.46. The number of nitrogens with one attached hydrogen (secondary N) is 1. The number of carbonyl (C=O) groups excluding carboxylic acids is 1. The summed E-state index contributed by atoms with van der Waals surface area (Å²) in [5, 5.41) is 12.1. The highest BCUT2D eigenvalue weighted by atomic mass is 35.5. The number of rotatable bonds is 3. The van der Waals surface area contributed by atoms with Crippen LogP contribution in [0.5, 0.6) is 0 Å². The summed E-state index contributed by atoms with van der Waals surface area (Å²) >= 11 is 11.9. The van der Waals surface area contributed by atoms with E-state index in [4.69, 9.17) is 28.3 Å². The first-order valence-corrected chi connectivity index (χ1v) is 6.75. The third kappa shape index (κ3) is 3.35. The Morgan fingerprint density at radius 3 is 2.24 bits per heavy atom. The fourth-order valence-electron chi connectivity index (χ4n) is 1.89. The minimum absolute atomic E-state index is 0.181. The van der Waals surface area contributed by atoms with E-state index in [0.717, 1.165) is 0 Å². The molecule has 0 saturated heterocycles. The van der Waals surface area contributed by atoms with Gasteiger partial charge in [-0.3, -0.25) is 4.79 Å². The summed E-state index contributed by atoms with van der Waals surface area (Å²) in [6.07, 6.45) is 0. The number of hydrogen-bond donors (Lipinski definition) is 2. The van der Waals surface area contributed by atoms with E-state index in [0.29, 0.717) is 11.3 Å². The number of halogens is 2. The third-order valence-corrected chi connectivity index (χ3v) is 3.53. The predicted molar refractivity (Wildman–Crippen MR) is 82.6 cm³/mol. The van der Waals surface area contributed by atoms with Gasteiger partial charge in [0.1, 0.15) is 0 Å². The lowest BCUT2D eigenvalue weighted by molar-refractivity contribution is 0.0696. The molecule has 2 aromatic rings. The molecule has 0 saturated carbocycles. The van der Waals surface area contributed by atoms with Crippen LogP contribution in [0, 0.1) is 6.92 Å². The zero-order valence-corrected chi connectivity index (χ0v) is 12.5. The fraction of sp³-hybridized carbons (Fsp3) is 0.0667. The number of aromatic carboxylic acids is 1. The van der Waals surface area contributed by atoms with Crippen LogP contribution >= 0.6 is 23.2 Å². The van der Waals surface area contributed by atoms with Crippen LogP contribution in [0.2, 0.25) is 10.0 Å². The van der Waals surface area contributed by atoms with E-state index in [1.807, 2.05) is 0 Å².